The molecule has 198 valence electrons. The molecular formula is C29H46O5S. The van der Waals surface area contributed by atoms with Gasteiger partial charge in [-0.3, -0.25) is 9.59 Å². The van der Waals surface area contributed by atoms with Crippen LogP contribution in [0.4, 0.5) is 0 Å². The Bertz CT molecular complexity index is 845. The van der Waals surface area contributed by atoms with Gasteiger partial charge in [0.25, 0.3) is 0 Å². The van der Waals surface area contributed by atoms with E-state index in [1.165, 1.54) is 11.8 Å². The van der Waals surface area contributed by atoms with Gasteiger partial charge in [-0.2, -0.15) is 0 Å². The summed E-state index contributed by atoms with van der Waals surface area (Å²) in [6.45, 7) is 14.8. The molecule has 35 heavy (non-hydrogen) atoms. The lowest BCUT2D eigenvalue weighted by atomic mass is 9.44. The van der Waals surface area contributed by atoms with Crippen LogP contribution in [0.1, 0.15) is 86.0 Å². The smallest absolute Gasteiger partial charge is 0.316 e. The molecule has 11 atom stereocenters. The zero-order chi connectivity index (χ0) is 25.8. The fourth-order valence-corrected chi connectivity index (χ4v) is 9.60. The summed E-state index contributed by atoms with van der Waals surface area (Å²) in [5.41, 5.74) is -1.36. The zero-order valence-corrected chi connectivity index (χ0v) is 23.1. The van der Waals surface area contributed by atoms with Crippen LogP contribution in [0.5, 0.6) is 0 Å². The normalized spacial score (nSPS) is 50.1. The van der Waals surface area contributed by atoms with Gasteiger partial charge < -0.3 is 14.9 Å². The molecule has 0 spiro atoms. The molecule has 4 saturated carbocycles. The quantitative estimate of drug-likeness (QED) is 0.395. The molecule has 0 aromatic rings. The van der Waals surface area contributed by atoms with Crippen LogP contribution in [0.25, 0.3) is 0 Å². The first kappa shape index (κ1) is 27.2. The predicted molar refractivity (Wildman–Crippen MR) is 140 cm³/mol. The second-order valence-electron chi connectivity index (χ2n) is 12.9. The van der Waals surface area contributed by atoms with E-state index in [9.17, 15) is 19.8 Å². The third kappa shape index (κ3) is 4.44. The van der Waals surface area contributed by atoms with Gasteiger partial charge in [0.15, 0.2) is 0 Å². The van der Waals surface area contributed by atoms with Gasteiger partial charge in [-0.25, -0.2) is 0 Å². The molecule has 0 heterocycles. The van der Waals surface area contributed by atoms with Crippen molar-refractivity contribution < 1.29 is 24.5 Å². The maximum absolute atomic E-state index is 13.5. The fraction of sp³-hybridized carbons (Fsp3) is 0.862. The van der Waals surface area contributed by atoms with Crippen LogP contribution >= 0.6 is 11.8 Å². The van der Waals surface area contributed by atoms with E-state index < -0.39 is 23.0 Å². The van der Waals surface area contributed by atoms with Crippen molar-refractivity contribution in [2.75, 3.05) is 5.75 Å². The van der Waals surface area contributed by atoms with Gasteiger partial charge in [0.05, 0.1) is 18.0 Å². The molecule has 0 aliphatic heterocycles. The van der Waals surface area contributed by atoms with Crippen molar-refractivity contribution in [1.29, 1.82) is 0 Å². The molecule has 4 aliphatic rings. The van der Waals surface area contributed by atoms with Crippen molar-refractivity contribution in [3.05, 3.63) is 12.7 Å². The number of rotatable bonds is 5. The highest BCUT2D eigenvalue weighted by atomic mass is 32.2. The average molecular weight is 507 g/mol. The summed E-state index contributed by atoms with van der Waals surface area (Å²) in [6.07, 6.45) is 6.76. The summed E-state index contributed by atoms with van der Waals surface area (Å²) in [7, 11) is 0. The number of thioether (sulfide) groups is 1. The van der Waals surface area contributed by atoms with Gasteiger partial charge in [0.2, 0.25) is 0 Å². The highest BCUT2D eigenvalue weighted by Crippen LogP contribution is 2.68. The molecule has 0 radical (unpaired) electrons. The molecule has 5 nitrogen and oxygen atoms in total. The summed E-state index contributed by atoms with van der Waals surface area (Å²) >= 11 is 1.50. The molecule has 2 bridgehead atoms. The molecule has 0 aromatic carbocycles. The Balaban J connectivity index is 1.63. The Morgan fingerprint density at radius 3 is 2.57 bits per heavy atom. The lowest BCUT2D eigenvalue weighted by Crippen LogP contribution is -2.63. The van der Waals surface area contributed by atoms with E-state index >= 15 is 0 Å². The Labute approximate surface area is 215 Å². The molecule has 4 aliphatic carbocycles. The maximum Gasteiger partial charge on any atom is 0.316 e. The molecule has 0 amide bonds. The number of hydrogen-bond donors (Lipinski definition) is 2. The van der Waals surface area contributed by atoms with Gasteiger partial charge in [-0.1, -0.05) is 40.7 Å². The van der Waals surface area contributed by atoms with Crippen LogP contribution < -0.4 is 0 Å². The predicted octanol–water partition coefficient (Wildman–Crippen LogP) is 5.18. The van der Waals surface area contributed by atoms with Crippen LogP contribution in [-0.2, 0) is 14.3 Å². The number of Topliss-reactive ketones (excluding diaryl/α,β-unsaturated/α-hetero) is 1. The van der Waals surface area contributed by atoms with Gasteiger partial charge in [0, 0.05) is 28.4 Å². The van der Waals surface area contributed by atoms with E-state index in [-0.39, 0.29) is 52.0 Å². The number of carbonyl (C=O) groups is 2. The Kier molecular flexibility index (Phi) is 7.61. The minimum atomic E-state index is -0.652. The number of ketones is 1. The Morgan fingerprint density at radius 1 is 1.17 bits per heavy atom. The van der Waals surface area contributed by atoms with Crippen LogP contribution in [-0.4, -0.2) is 51.3 Å². The van der Waals surface area contributed by atoms with E-state index in [0.717, 1.165) is 38.5 Å². The van der Waals surface area contributed by atoms with Crippen molar-refractivity contribution >= 4 is 23.5 Å². The lowest BCUT2D eigenvalue weighted by Gasteiger charge is -2.61. The van der Waals surface area contributed by atoms with E-state index in [4.69, 9.17) is 4.74 Å². The number of hydrogen-bond acceptors (Lipinski definition) is 6. The molecule has 0 aromatic heterocycles. The fourth-order valence-electron chi connectivity index (χ4n) is 8.36. The maximum atomic E-state index is 13.5. The van der Waals surface area contributed by atoms with Crippen LogP contribution in [0.3, 0.4) is 0 Å². The minimum Gasteiger partial charge on any atom is -0.461 e. The van der Waals surface area contributed by atoms with Crippen LogP contribution in [0.2, 0.25) is 0 Å². The first-order valence-corrected chi connectivity index (χ1v) is 14.8. The van der Waals surface area contributed by atoms with Crippen molar-refractivity contribution in [3.8, 4) is 0 Å². The van der Waals surface area contributed by atoms with Gasteiger partial charge in [-0.05, 0) is 68.1 Å². The third-order valence-electron chi connectivity index (χ3n) is 11.0. The average Bonchev–Trinajstić information content (AvgIpc) is 3.18. The van der Waals surface area contributed by atoms with E-state index in [2.05, 4.69) is 34.3 Å². The minimum absolute atomic E-state index is 0.0317. The second-order valence-corrected chi connectivity index (χ2v) is 14.1. The lowest BCUT2D eigenvalue weighted by molar-refractivity contribution is -0.205. The Hall–Kier alpha value is -0.850. The summed E-state index contributed by atoms with van der Waals surface area (Å²) in [5.74, 6) is 0.733. The van der Waals surface area contributed by atoms with Gasteiger partial charge in [0.1, 0.15) is 11.9 Å². The summed E-state index contributed by atoms with van der Waals surface area (Å²) in [6, 6.07) is 0. The summed E-state index contributed by atoms with van der Waals surface area (Å²) < 4.78 is 6.32. The first-order valence-electron chi connectivity index (χ1n) is 13.7. The van der Waals surface area contributed by atoms with Crippen molar-refractivity contribution in [2.45, 2.75) is 110 Å². The molecule has 4 unspecified atom stereocenters. The highest BCUT2D eigenvalue weighted by molar-refractivity contribution is 8.00. The van der Waals surface area contributed by atoms with Gasteiger partial charge in [-0.15, -0.1) is 18.3 Å². The SMILES string of the molecule is C=C[C@]1(C)C[C@@H](OC(=O)CSC2CC(C)CCC2O)[C@]2(C)C(C)CC[C@]3(CCC(=O)[C@H]32)[C@@H](C)[C@@H]1O. The number of esters is 1. The van der Waals surface area contributed by atoms with Crippen LogP contribution in [0, 0.1) is 39.9 Å². The third-order valence-corrected chi connectivity index (χ3v) is 12.3. The first-order chi connectivity index (χ1) is 16.4. The molecule has 4 fully saturated rings. The van der Waals surface area contributed by atoms with E-state index in [1.54, 1.807) is 0 Å². The number of aliphatic hydroxyl groups excluding tert-OH is 2. The van der Waals surface area contributed by atoms with Crippen molar-refractivity contribution in [3.63, 3.8) is 0 Å². The molecule has 0 saturated heterocycles. The van der Waals surface area contributed by atoms with E-state index in [1.807, 2.05) is 13.0 Å². The monoisotopic (exact) mass is 506 g/mol. The largest absolute Gasteiger partial charge is 0.461 e. The number of ether oxygens (including phenoxy) is 1. The highest BCUT2D eigenvalue weighted by Gasteiger charge is 2.68. The van der Waals surface area contributed by atoms with Crippen molar-refractivity contribution in [2.24, 2.45) is 39.9 Å². The second kappa shape index (κ2) is 9.79. The topological polar surface area (TPSA) is 83.8 Å². The summed E-state index contributed by atoms with van der Waals surface area (Å²) in [4.78, 5) is 26.7. The number of carbonyl (C=O) groups excluding carboxylic acids is 2. The number of aliphatic hydroxyl groups is 2. The summed E-state index contributed by atoms with van der Waals surface area (Å²) in [5, 5.41) is 22.1. The molecule has 2 N–H and O–H groups in total. The van der Waals surface area contributed by atoms with E-state index in [0.29, 0.717) is 18.8 Å². The standard InChI is InChI=1S/C29H46O5S/c1-7-27(5)15-23(34-24(32)16-35-22-14-17(2)8-9-20(22)30)28(6)18(3)10-12-29(19(4)26(27)33)13-11-21(31)25(28)29/h7,17-20,22-23,25-26,30,33H,1,8-16H2,2-6H3/t17?,18?,19-,20?,22?,23+,25-,26-,27+,28-,29-/m0/s1. The zero-order valence-electron chi connectivity index (χ0n) is 22.3. The Morgan fingerprint density at radius 2 is 1.89 bits per heavy atom. The molecule has 6 heteroatoms. The van der Waals surface area contributed by atoms with Crippen LogP contribution in [0.15, 0.2) is 12.7 Å². The molecular weight excluding hydrogens is 460 g/mol. The van der Waals surface area contributed by atoms with Crippen molar-refractivity contribution in [1.82, 2.24) is 0 Å². The molecule has 4 rings (SSSR count). The van der Waals surface area contributed by atoms with Gasteiger partial charge >= 0.3 is 5.97 Å².